The minimum Gasteiger partial charge on any atom is -0.496 e. The maximum atomic E-state index is 12.4. The second-order valence-electron chi connectivity index (χ2n) is 6.28. The molecule has 0 saturated heterocycles. The van der Waals surface area contributed by atoms with E-state index in [4.69, 9.17) is 4.74 Å². The van der Waals surface area contributed by atoms with E-state index in [0.29, 0.717) is 5.56 Å². The van der Waals surface area contributed by atoms with E-state index in [2.05, 4.69) is 63.4 Å². The smallest absolute Gasteiger partial charge is 0.271 e. The molecule has 4 rings (SSSR count). The lowest BCUT2D eigenvalue weighted by molar-refractivity contribution is 0.0955. The number of hydrazone groups is 1. The number of nitrogens with zero attached hydrogens (tertiary/aromatic N) is 1. The molecule has 138 valence electrons. The highest BCUT2D eigenvalue weighted by Gasteiger charge is 2.09. The summed E-state index contributed by atoms with van der Waals surface area (Å²) in [6.45, 7) is 0. The Labute approximate surface area is 176 Å². The van der Waals surface area contributed by atoms with Crippen molar-refractivity contribution in [3.63, 3.8) is 0 Å². The maximum absolute atomic E-state index is 12.4. The Balaban J connectivity index is 1.66. The van der Waals surface area contributed by atoms with Crippen LogP contribution < -0.4 is 10.2 Å². The van der Waals surface area contributed by atoms with Crippen molar-refractivity contribution in [2.45, 2.75) is 0 Å². The summed E-state index contributed by atoms with van der Waals surface area (Å²) < 4.78 is 6.10. The summed E-state index contributed by atoms with van der Waals surface area (Å²) >= 11 is 2.14. The van der Waals surface area contributed by atoms with Crippen LogP contribution in [0.4, 0.5) is 0 Å². The van der Waals surface area contributed by atoms with E-state index < -0.39 is 0 Å². The fourth-order valence-corrected chi connectivity index (χ4v) is 3.95. The Morgan fingerprint density at radius 2 is 1.61 bits per heavy atom. The molecule has 4 aromatic rings. The zero-order chi connectivity index (χ0) is 19.5. The molecule has 4 aromatic carbocycles. The van der Waals surface area contributed by atoms with E-state index in [-0.39, 0.29) is 5.91 Å². The van der Waals surface area contributed by atoms with E-state index in [9.17, 15) is 4.79 Å². The van der Waals surface area contributed by atoms with Crippen LogP contribution in [0.1, 0.15) is 15.9 Å². The molecule has 5 heteroatoms. The third-order valence-corrected chi connectivity index (χ3v) is 5.43. The molecule has 0 aliphatic rings. The van der Waals surface area contributed by atoms with Gasteiger partial charge in [0.05, 0.1) is 16.9 Å². The number of rotatable bonds is 4. The summed E-state index contributed by atoms with van der Waals surface area (Å²) in [5, 5.41) is 8.70. The number of amides is 1. The Bertz CT molecular complexity index is 1160. The topological polar surface area (TPSA) is 50.7 Å². The van der Waals surface area contributed by atoms with Crippen molar-refractivity contribution in [3.05, 3.63) is 87.5 Å². The molecule has 1 amide bonds. The molecule has 0 heterocycles. The monoisotopic (exact) mass is 480 g/mol. The first kappa shape index (κ1) is 18.4. The first-order chi connectivity index (χ1) is 13.7. The van der Waals surface area contributed by atoms with Gasteiger partial charge in [-0.25, -0.2) is 5.43 Å². The predicted molar refractivity (Wildman–Crippen MR) is 122 cm³/mol. The number of ether oxygens (including phenoxy) is 1. The number of halogens is 1. The standard InChI is InChI=1S/C23H17IN2O2/c1-28-22-11-10-17(13-21(22)24)23(27)26-25-14-20-18-8-4-2-6-15(18)12-16-7-3-5-9-19(16)20/h2-14H,1H3,(H,26,27). The second kappa shape index (κ2) is 7.98. The van der Waals surface area contributed by atoms with Crippen molar-refractivity contribution in [1.29, 1.82) is 0 Å². The first-order valence-corrected chi connectivity index (χ1v) is 9.82. The van der Waals surface area contributed by atoms with Crippen molar-refractivity contribution in [3.8, 4) is 5.75 Å². The average Bonchev–Trinajstić information content (AvgIpc) is 2.73. The highest BCUT2D eigenvalue weighted by Crippen LogP contribution is 2.27. The maximum Gasteiger partial charge on any atom is 0.271 e. The van der Waals surface area contributed by atoms with Crippen LogP contribution >= 0.6 is 22.6 Å². The third kappa shape index (κ3) is 3.57. The largest absolute Gasteiger partial charge is 0.496 e. The number of fused-ring (bicyclic) bond motifs is 2. The van der Waals surface area contributed by atoms with Gasteiger partial charge in [-0.3, -0.25) is 4.79 Å². The molecular formula is C23H17IN2O2. The Kier molecular flexibility index (Phi) is 5.25. The molecule has 0 saturated carbocycles. The fraction of sp³-hybridized carbons (Fsp3) is 0.0435. The molecule has 0 aliphatic heterocycles. The number of nitrogens with one attached hydrogen (secondary N) is 1. The Morgan fingerprint density at radius 1 is 0.964 bits per heavy atom. The highest BCUT2D eigenvalue weighted by molar-refractivity contribution is 14.1. The van der Waals surface area contributed by atoms with Gasteiger partial charge < -0.3 is 4.74 Å². The van der Waals surface area contributed by atoms with Crippen LogP contribution in [0.2, 0.25) is 0 Å². The zero-order valence-corrected chi connectivity index (χ0v) is 17.3. The van der Waals surface area contributed by atoms with Gasteiger partial charge in [-0.2, -0.15) is 5.10 Å². The molecule has 1 N–H and O–H groups in total. The predicted octanol–water partition coefficient (Wildman–Crippen LogP) is 5.37. The molecular weight excluding hydrogens is 463 g/mol. The van der Waals surface area contributed by atoms with Crippen molar-refractivity contribution >= 4 is 56.3 Å². The first-order valence-electron chi connectivity index (χ1n) is 8.75. The van der Waals surface area contributed by atoms with Gasteiger partial charge in [0.25, 0.3) is 5.91 Å². The minimum absolute atomic E-state index is 0.263. The fourth-order valence-electron chi connectivity index (χ4n) is 3.22. The van der Waals surface area contributed by atoms with Gasteiger partial charge in [0.15, 0.2) is 0 Å². The summed E-state index contributed by atoms with van der Waals surface area (Å²) in [5.74, 6) is 0.476. The number of hydrogen-bond acceptors (Lipinski definition) is 3. The van der Waals surface area contributed by atoms with Crippen LogP contribution in [0.15, 0.2) is 77.9 Å². The highest BCUT2D eigenvalue weighted by atomic mass is 127. The molecule has 0 aliphatic carbocycles. The van der Waals surface area contributed by atoms with Gasteiger partial charge in [-0.1, -0.05) is 48.5 Å². The molecule has 28 heavy (non-hydrogen) atoms. The summed E-state index contributed by atoms with van der Waals surface area (Å²) in [6, 6.07) is 23.8. The Morgan fingerprint density at radius 3 is 2.21 bits per heavy atom. The van der Waals surface area contributed by atoms with Crippen LogP contribution in [-0.2, 0) is 0 Å². The molecule has 0 radical (unpaired) electrons. The zero-order valence-electron chi connectivity index (χ0n) is 15.1. The molecule has 0 unspecified atom stereocenters. The lowest BCUT2D eigenvalue weighted by Gasteiger charge is -2.08. The van der Waals surface area contributed by atoms with Gasteiger partial charge in [-0.15, -0.1) is 0 Å². The van der Waals surface area contributed by atoms with Crippen LogP contribution in [0.3, 0.4) is 0 Å². The van der Waals surface area contributed by atoms with E-state index in [0.717, 1.165) is 36.4 Å². The average molecular weight is 480 g/mol. The molecule has 0 aromatic heterocycles. The van der Waals surface area contributed by atoms with Gasteiger partial charge in [-0.05, 0) is 68.4 Å². The van der Waals surface area contributed by atoms with Crippen LogP contribution in [0.5, 0.6) is 5.75 Å². The van der Waals surface area contributed by atoms with E-state index in [1.165, 1.54) is 0 Å². The van der Waals surface area contributed by atoms with E-state index in [1.54, 1.807) is 31.5 Å². The molecule has 0 bridgehead atoms. The van der Waals surface area contributed by atoms with Gasteiger partial charge in [0, 0.05) is 11.1 Å². The summed E-state index contributed by atoms with van der Waals surface area (Å²) in [7, 11) is 1.61. The lowest BCUT2D eigenvalue weighted by Crippen LogP contribution is -2.17. The number of carbonyl (C=O) groups is 1. The molecule has 0 spiro atoms. The van der Waals surface area contributed by atoms with Crippen molar-refractivity contribution in [2.24, 2.45) is 5.10 Å². The normalized spacial score (nSPS) is 11.2. The minimum atomic E-state index is -0.263. The number of methoxy groups -OCH3 is 1. The van der Waals surface area contributed by atoms with Gasteiger partial charge in [0.2, 0.25) is 0 Å². The SMILES string of the molecule is COc1ccc(C(=O)NN=Cc2c3ccccc3cc3ccccc23)cc1I. The number of carbonyl (C=O) groups excluding carboxylic acids is 1. The van der Waals surface area contributed by atoms with Crippen LogP contribution in [0.25, 0.3) is 21.5 Å². The number of benzene rings is 4. The van der Waals surface area contributed by atoms with E-state index >= 15 is 0 Å². The second-order valence-corrected chi connectivity index (χ2v) is 7.44. The van der Waals surface area contributed by atoms with Crippen LogP contribution in [0, 0.1) is 3.57 Å². The molecule has 0 atom stereocenters. The van der Waals surface area contributed by atoms with Crippen molar-refractivity contribution in [2.75, 3.05) is 7.11 Å². The van der Waals surface area contributed by atoms with Crippen LogP contribution in [-0.4, -0.2) is 19.2 Å². The van der Waals surface area contributed by atoms with Gasteiger partial charge >= 0.3 is 0 Å². The van der Waals surface area contributed by atoms with Crippen molar-refractivity contribution < 1.29 is 9.53 Å². The quantitative estimate of drug-likeness (QED) is 0.185. The molecule has 4 nitrogen and oxygen atoms in total. The number of hydrogen-bond donors (Lipinski definition) is 1. The summed E-state index contributed by atoms with van der Waals surface area (Å²) in [4.78, 5) is 12.4. The van der Waals surface area contributed by atoms with E-state index in [1.807, 2.05) is 24.3 Å². The summed E-state index contributed by atoms with van der Waals surface area (Å²) in [6.07, 6.45) is 1.72. The Hall–Kier alpha value is -2.93. The van der Waals surface area contributed by atoms with Gasteiger partial charge in [0.1, 0.15) is 5.75 Å². The molecule has 0 fully saturated rings. The summed E-state index contributed by atoms with van der Waals surface area (Å²) in [5.41, 5.74) is 4.14. The lowest BCUT2D eigenvalue weighted by atomic mass is 9.97. The third-order valence-electron chi connectivity index (χ3n) is 4.59. The van der Waals surface area contributed by atoms with Crippen molar-refractivity contribution in [1.82, 2.24) is 5.43 Å².